The van der Waals surface area contributed by atoms with Crippen LogP contribution in [0.3, 0.4) is 0 Å². The van der Waals surface area contributed by atoms with Gasteiger partial charge in [-0.15, -0.1) is 0 Å². The molecular formula is C13H17F2NS. The van der Waals surface area contributed by atoms with Crippen LogP contribution in [0, 0.1) is 11.6 Å². The smallest absolute Gasteiger partial charge is 0.129 e. The van der Waals surface area contributed by atoms with Crippen molar-refractivity contribution in [2.24, 2.45) is 0 Å². The van der Waals surface area contributed by atoms with Gasteiger partial charge in [0.2, 0.25) is 0 Å². The molecule has 4 heteroatoms. The minimum absolute atomic E-state index is 0.266. The van der Waals surface area contributed by atoms with Crippen molar-refractivity contribution in [2.75, 3.05) is 12.8 Å². The first-order valence-electron chi connectivity index (χ1n) is 5.93. The maximum Gasteiger partial charge on any atom is 0.129 e. The summed E-state index contributed by atoms with van der Waals surface area (Å²) in [5.41, 5.74) is 0.596. The van der Waals surface area contributed by atoms with Gasteiger partial charge < -0.3 is 5.32 Å². The van der Waals surface area contributed by atoms with Crippen molar-refractivity contribution in [2.45, 2.75) is 30.6 Å². The Labute approximate surface area is 105 Å². The van der Waals surface area contributed by atoms with Gasteiger partial charge in [-0.2, -0.15) is 11.8 Å². The molecule has 2 unspecified atom stereocenters. The number of nitrogens with one attached hydrogen (secondary N) is 1. The first-order valence-corrected chi connectivity index (χ1v) is 6.98. The van der Waals surface area contributed by atoms with Gasteiger partial charge >= 0.3 is 0 Å². The highest BCUT2D eigenvalue weighted by Gasteiger charge is 2.25. The van der Waals surface area contributed by atoms with Crippen LogP contribution in [-0.2, 0) is 6.42 Å². The first kappa shape index (κ1) is 12.8. The largest absolute Gasteiger partial charge is 0.316 e. The summed E-state index contributed by atoms with van der Waals surface area (Å²) in [4.78, 5) is 0. The summed E-state index contributed by atoms with van der Waals surface area (Å²) < 4.78 is 26.4. The Bertz CT molecular complexity index is 378. The zero-order chi connectivity index (χ0) is 12.3. The average Bonchev–Trinajstić information content (AvgIpc) is 2.81. The number of thioether (sulfide) groups is 1. The summed E-state index contributed by atoms with van der Waals surface area (Å²) in [5.74, 6) is 0.241. The molecule has 94 valence electrons. The predicted octanol–water partition coefficient (Wildman–Crippen LogP) is 2.99. The normalized spacial score (nSPS) is 21.7. The van der Waals surface area contributed by atoms with Crippen molar-refractivity contribution in [3.63, 3.8) is 0 Å². The van der Waals surface area contributed by atoms with E-state index in [-0.39, 0.29) is 6.04 Å². The third kappa shape index (κ3) is 3.19. The van der Waals surface area contributed by atoms with Crippen molar-refractivity contribution in [1.82, 2.24) is 5.32 Å². The fraction of sp³-hybridized carbons (Fsp3) is 0.538. The second-order valence-electron chi connectivity index (χ2n) is 4.39. The highest BCUT2D eigenvalue weighted by atomic mass is 32.2. The van der Waals surface area contributed by atoms with Crippen LogP contribution in [0.2, 0.25) is 0 Å². The summed E-state index contributed by atoms with van der Waals surface area (Å²) in [6.07, 6.45) is 3.04. The van der Waals surface area contributed by atoms with E-state index in [9.17, 15) is 8.78 Å². The summed E-state index contributed by atoms with van der Waals surface area (Å²) >= 11 is 1.94. The van der Waals surface area contributed by atoms with Crippen LogP contribution in [0.4, 0.5) is 8.78 Å². The number of likely N-dealkylation sites (N-methyl/N-ethyl adjacent to an activating group) is 1. The number of benzene rings is 1. The molecule has 0 bridgehead atoms. The van der Waals surface area contributed by atoms with E-state index < -0.39 is 11.6 Å². The Balaban J connectivity index is 2.06. The zero-order valence-electron chi connectivity index (χ0n) is 9.88. The fourth-order valence-corrected chi connectivity index (χ4v) is 3.70. The molecule has 0 saturated carbocycles. The lowest BCUT2D eigenvalue weighted by molar-refractivity contribution is 0.504. The lowest BCUT2D eigenvalue weighted by Gasteiger charge is -2.22. The second-order valence-corrected chi connectivity index (χ2v) is 5.73. The Kier molecular flexibility index (Phi) is 4.40. The van der Waals surface area contributed by atoms with Crippen LogP contribution < -0.4 is 5.32 Å². The molecule has 0 aliphatic carbocycles. The molecule has 0 amide bonds. The van der Waals surface area contributed by atoms with Crippen LogP contribution in [0.1, 0.15) is 18.4 Å². The summed E-state index contributed by atoms with van der Waals surface area (Å²) in [5, 5.41) is 3.80. The average molecular weight is 257 g/mol. The van der Waals surface area contributed by atoms with Gasteiger partial charge in [0, 0.05) is 17.4 Å². The Hall–Kier alpha value is -0.610. The summed E-state index contributed by atoms with van der Waals surface area (Å²) in [6.45, 7) is 0. The van der Waals surface area contributed by atoms with Gasteiger partial charge in [-0.1, -0.05) is 6.07 Å². The zero-order valence-corrected chi connectivity index (χ0v) is 10.7. The summed E-state index contributed by atoms with van der Waals surface area (Å²) in [6, 6.07) is 4.10. The molecule has 0 radical (unpaired) electrons. The van der Waals surface area contributed by atoms with Gasteiger partial charge in [-0.3, -0.25) is 0 Å². The van der Waals surface area contributed by atoms with Gasteiger partial charge in [0.25, 0.3) is 0 Å². The predicted molar refractivity (Wildman–Crippen MR) is 68.4 cm³/mol. The molecule has 1 heterocycles. The SMILES string of the molecule is CNC(Cc1ccc(F)cc1F)C1CCCS1. The van der Waals surface area contributed by atoms with E-state index in [0.29, 0.717) is 17.2 Å². The molecule has 1 aliphatic heterocycles. The number of rotatable bonds is 4. The molecule has 0 spiro atoms. The first-order chi connectivity index (χ1) is 8.20. The highest BCUT2D eigenvalue weighted by molar-refractivity contribution is 8.00. The van der Waals surface area contributed by atoms with Crippen molar-refractivity contribution < 1.29 is 8.78 Å². The Morgan fingerprint density at radius 1 is 1.47 bits per heavy atom. The van der Waals surface area contributed by atoms with Crippen LogP contribution >= 0.6 is 11.8 Å². The number of hydrogen-bond donors (Lipinski definition) is 1. The van der Waals surface area contributed by atoms with E-state index in [2.05, 4.69) is 5.32 Å². The maximum atomic E-state index is 13.6. The molecule has 1 aliphatic rings. The molecule has 1 aromatic carbocycles. The molecule has 1 fully saturated rings. The van der Waals surface area contributed by atoms with E-state index >= 15 is 0 Å². The number of hydrogen-bond acceptors (Lipinski definition) is 2. The molecule has 17 heavy (non-hydrogen) atoms. The van der Waals surface area contributed by atoms with Gasteiger partial charge in [-0.05, 0) is 43.7 Å². The molecule has 2 atom stereocenters. The molecule has 2 rings (SSSR count). The molecule has 1 saturated heterocycles. The van der Waals surface area contributed by atoms with Crippen LogP contribution in [0.25, 0.3) is 0 Å². The Morgan fingerprint density at radius 3 is 2.88 bits per heavy atom. The molecule has 0 aromatic heterocycles. The van der Waals surface area contributed by atoms with E-state index in [0.717, 1.165) is 6.07 Å². The molecule has 1 nitrogen and oxygen atoms in total. The summed E-state index contributed by atoms with van der Waals surface area (Å²) in [7, 11) is 1.91. The standard InChI is InChI=1S/C13H17F2NS/c1-16-12(13-3-2-6-17-13)7-9-4-5-10(14)8-11(9)15/h4-5,8,12-13,16H,2-3,6-7H2,1H3. The molecular weight excluding hydrogens is 240 g/mol. The topological polar surface area (TPSA) is 12.0 Å². The van der Waals surface area contributed by atoms with Crippen LogP contribution in [0.5, 0.6) is 0 Å². The third-order valence-corrected chi connectivity index (χ3v) is 4.76. The number of halogens is 2. The molecule has 1 aromatic rings. The second kappa shape index (κ2) is 5.83. The fourth-order valence-electron chi connectivity index (χ4n) is 2.26. The quantitative estimate of drug-likeness (QED) is 0.890. The van der Waals surface area contributed by atoms with E-state index in [1.54, 1.807) is 6.07 Å². The third-order valence-electron chi connectivity index (χ3n) is 3.24. The van der Waals surface area contributed by atoms with Gasteiger partial charge in [0.1, 0.15) is 11.6 Å². The van der Waals surface area contributed by atoms with Crippen LogP contribution in [-0.4, -0.2) is 24.1 Å². The lowest BCUT2D eigenvalue weighted by Crippen LogP contribution is -2.36. The molecule has 1 N–H and O–H groups in total. The minimum atomic E-state index is -0.512. The maximum absolute atomic E-state index is 13.6. The highest BCUT2D eigenvalue weighted by Crippen LogP contribution is 2.30. The lowest BCUT2D eigenvalue weighted by atomic mass is 10.0. The van der Waals surface area contributed by atoms with E-state index in [4.69, 9.17) is 0 Å². The van der Waals surface area contributed by atoms with Gasteiger partial charge in [0.15, 0.2) is 0 Å². The van der Waals surface area contributed by atoms with Crippen molar-refractivity contribution >= 4 is 11.8 Å². The van der Waals surface area contributed by atoms with Crippen molar-refractivity contribution in [1.29, 1.82) is 0 Å². The van der Waals surface area contributed by atoms with Gasteiger partial charge in [-0.25, -0.2) is 8.78 Å². The van der Waals surface area contributed by atoms with Crippen LogP contribution in [0.15, 0.2) is 18.2 Å². The van der Waals surface area contributed by atoms with E-state index in [1.165, 1.54) is 24.7 Å². The van der Waals surface area contributed by atoms with Crippen molar-refractivity contribution in [3.8, 4) is 0 Å². The monoisotopic (exact) mass is 257 g/mol. The van der Waals surface area contributed by atoms with E-state index in [1.807, 2.05) is 18.8 Å². The minimum Gasteiger partial charge on any atom is -0.316 e. The Morgan fingerprint density at radius 2 is 2.29 bits per heavy atom. The van der Waals surface area contributed by atoms with Crippen molar-refractivity contribution in [3.05, 3.63) is 35.4 Å². The van der Waals surface area contributed by atoms with Gasteiger partial charge in [0.05, 0.1) is 0 Å².